The largest absolute Gasteiger partial charge is 0.508 e. The van der Waals surface area contributed by atoms with Gasteiger partial charge in [-0.3, -0.25) is 4.79 Å². The quantitative estimate of drug-likeness (QED) is 0.733. The van der Waals surface area contributed by atoms with Crippen molar-refractivity contribution in [1.82, 2.24) is 0 Å². The van der Waals surface area contributed by atoms with Gasteiger partial charge in [-0.1, -0.05) is 42.5 Å². The summed E-state index contributed by atoms with van der Waals surface area (Å²) in [7, 11) is 0. The number of aryl methyl sites for hydroxylation is 2. The number of phenolic OH excluding ortho intramolecular Hbond substituents is 1. The lowest BCUT2D eigenvalue weighted by molar-refractivity contribution is -0.119. The van der Waals surface area contributed by atoms with E-state index in [1.165, 1.54) is 11.1 Å². The molecule has 2 heteroatoms. The van der Waals surface area contributed by atoms with Crippen LogP contribution in [0, 0.1) is 0 Å². The molecule has 0 saturated heterocycles. The minimum atomic E-state index is 0.301. The van der Waals surface area contributed by atoms with E-state index >= 15 is 0 Å². The van der Waals surface area contributed by atoms with E-state index in [0.717, 1.165) is 25.7 Å². The molecule has 2 nitrogen and oxygen atoms in total. The van der Waals surface area contributed by atoms with Gasteiger partial charge in [0.15, 0.2) is 0 Å². The molecule has 21 heavy (non-hydrogen) atoms. The highest BCUT2D eigenvalue weighted by atomic mass is 16.3. The molecule has 0 spiro atoms. The SMILES string of the molecule is O=C(CCCCc1ccc(O)cc1)CCc1ccccc1. The van der Waals surface area contributed by atoms with Crippen LogP contribution in [-0.4, -0.2) is 10.9 Å². The number of Topliss-reactive ketones (excluding diaryl/α,β-unsaturated/α-hetero) is 1. The second-order valence-corrected chi connectivity index (χ2v) is 5.40. The summed E-state index contributed by atoms with van der Waals surface area (Å²) in [4.78, 5) is 11.8. The first-order chi connectivity index (χ1) is 10.2. The number of unbranched alkanes of at least 4 members (excludes halogenated alkanes) is 1. The molecule has 2 rings (SSSR count). The molecule has 0 fully saturated rings. The van der Waals surface area contributed by atoms with Crippen LogP contribution in [0.2, 0.25) is 0 Å². The Kier molecular flexibility index (Phi) is 6.01. The predicted octanol–water partition coefficient (Wildman–Crippen LogP) is 4.31. The van der Waals surface area contributed by atoms with Gasteiger partial charge in [0.2, 0.25) is 0 Å². The molecular formula is C19H22O2. The summed E-state index contributed by atoms with van der Waals surface area (Å²) in [6.45, 7) is 0. The molecule has 0 aromatic heterocycles. The van der Waals surface area contributed by atoms with Crippen LogP contribution in [0.4, 0.5) is 0 Å². The number of ketones is 1. The summed E-state index contributed by atoms with van der Waals surface area (Å²) < 4.78 is 0. The summed E-state index contributed by atoms with van der Waals surface area (Å²) >= 11 is 0. The van der Waals surface area contributed by atoms with Gasteiger partial charge in [-0.05, 0) is 48.9 Å². The molecule has 0 bridgehead atoms. The zero-order chi connectivity index (χ0) is 14.9. The second-order valence-electron chi connectivity index (χ2n) is 5.40. The molecule has 0 amide bonds. The zero-order valence-electron chi connectivity index (χ0n) is 12.3. The number of carbonyl (C=O) groups is 1. The summed E-state index contributed by atoms with van der Waals surface area (Å²) in [6.07, 6.45) is 5.08. The first kappa shape index (κ1) is 15.3. The molecule has 0 aliphatic rings. The fourth-order valence-electron chi connectivity index (χ4n) is 2.37. The lowest BCUT2D eigenvalue weighted by Crippen LogP contribution is -2.00. The minimum Gasteiger partial charge on any atom is -0.508 e. The van der Waals surface area contributed by atoms with E-state index in [0.29, 0.717) is 24.4 Å². The maximum Gasteiger partial charge on any atom is 0.133 e. The van der Waals surface area contributed by atoms with Crippen molar-refractivity contribution in [3.05, 3.63) is 65.7 Å². The third-order valence-electron chi connectivity index (χ3n) is 3.64. The van der Waals surface area contributed by atoms with Crippen molar-refractivity contribution >= 4 is 5.78 Å². The van der Waals surface area contributed by atoms with Crippen LogP contribution in [-0.2, 0) is 17.6 Å². The van der Waals surface area contributed by atoms with Gasteiger partial charge in [0.25, 0.3) is 0 Å². The van der Waals surface area contributed by atoms with Crippen molar-refractivity contribution in [3.63, 3.8) is 0 Å². The molecule has 2 aromatic carbocycles. The minimum absolute atomic E-state index is 0.301. The standard InChI is InChI=1S/C19H22O2/c20-18(13-10-16-6-2-1-3-7-16)9-5-4-8-17-11-14-19(21)15-12-17/h1-3,6-7,11-12,14-15,21H,4-5,8-10,13H2. The number of phenols is 1. The van der Waals surface area contributed by atoms with E-state index < -0.39 is 0 Å². The lowest BCUT2D eigenvalue weighted by Gasteiger charge is -2.03. The molecule has 0 heterocycles. The van der Waals surface area contributed by atoms with E-state index in [2.05, 4.69) is 12.1 Å². The van der Waals surface area contributed by atoms with Gasteiger partial charge in [0, 0.05) is 12.8 Å². The number of rotatable bonds is 8. The highest BCUT2D eigenvalue weighted by molar-refractivity contribution is 5.78. The molecule has 110 valence electrons. The Morgan fingerprint density at radius 1 is 0.762 bits per heavy atom. The molecule has 1 N–H and O–H groups in total. The number of carbonyl (C=O) groups excluding carboxylic acids is 1. The summed E-state index contributed by atoms with van der Waals surface area (Å²) in [5.41, 5.74) is 2.44. The summed E-state index contributed by atoms with van der Waals surface area (Å²) in [5.74, 6) is 0.652. The Morgan fingerprint density at radius 2 is 1.43 bits per heavy atom. The first-order valence-electron chi connectivity index (χ1n) is 7.57. The molecule has 0 saturated carbocycles. The van der Waals surface area contributed by atoms with Gasteiger partial charge in [-0.15, -0.1) is 0 Å². The maximum absolute atomic E-state index is 11.8. The fraction of sp³-hybridized carbons (Fsp3) is 0.316. The predicted molar refractivity (Wildman–Crippen MR) is 85.4 cm³/mol. The van der Waals surface area contributed by atoms with Gasteiger partial charge < -0.3 is 5.11 Å². The summed E-state index contributed by atoms with van der Waals surface area (Å²) in [5, 5.41) is 9.21. The number of benzene rings is 2. The summed E-state index contributed by atoms with van der Waals surface area (Å²) in [6, 6.07) is 17.4. The zero-order valence-corrected chi connectivity index (χ0v) is 12.3. The van der Waals surface area contributed by atoms with Gasteiger partial charge >= 0.3 is 0 Å². The highest BCUT2D eigenvalue weighted by Gasteiger charge is 2.03. The third-order valence-corrected chi connectivity index (χ3v) is 3.64. The van der Waals surface area contributed by atoms with Crippen molar-refractivity contribution < 1.29 is 9.90 Å². The van der Waals surface area contributed by atoms with Gasteiger partial charge in [-0.2, -0.15) is 0 Å². The Balaban J connectivity index is 1.60. The highest BCUT2D eigenvalue weighted by Crippen LogP contribution is 2.13. The topological polar surface area (TPSA) is 37.3 Å². The Bertz CT molecular complexity index is 544. The van der Waals surface area contributed by atoms with Crippen molar-refractivity contribution in [2.75, 3.05) is 0 Å². The van der Waals surface area contributed by atoms with Crippen LogP contribution < -0.4 is 0 Å². The van der Waals surface area contributed by atoms with Gasteiger partial charge in [0.05, 0.1) is 0 Å². The average Bonchev–Trinajstić information content (AvgIpc) is 2.52. The van der Waals surface area contributed by atoms with Crippen molar-refractivity contribution in [3.8, 4) is 5.75 Å². The van der Waals surface area contributed by atoms with Crippen LogP contribution in [0.25, 0.3) is 0 Å². The first-order valence-corrected chi connectivity index (χ1v) is 7.57. The van der Waals surface area contributed by atoms with Crippen LogP contribution in [0.3, 0.4) is 0 Å². The monoisotopic (exact) mass is 282 g/mol. The van der Waals surface area contributed by atoms with Crippen molar-refractivity contribution in [2.45, 2.75) is 38.5 Å². The van der Waals surface area contributed by atoms with E-state index in [9.17, 15) is 9.90 Å². The normalized spacial score (nSPS) is 10.5. The van der Waals surface area contributed by atoms with Crippen LogP contribution >= 0.6 is 0 Å². The van der Waals surface area contributed by atoms with Gasteiger partial charge in [-0.25, -0.2) is 0 Å². The third kappa shape index (κ3) is 5.82. The molecule has 0 atom stereocenters. The Morgan fingerprint density at radius 3 is 2.14 bits per heavy atom. The van der Waals surface area contributed by atoms with Crippen molar-refractivity contribution in [1.29, 1.82) is 0 Å². The number of hydrogen-bond donors (Lipinski definition) is 1. The van der Waals surface area contributed by atoms with Crippen LogP contribution in [0.1, 0.15) is 36.8 Å². The molecule has 2 aromatic rings. The van der Waals surface area contributed by atoms with Crippen LogP contribution in [0.15, 0.2) is 54.6 Å². The molecule has 0 radical (unpaired) electrons. The lowest BCUT2D eigenvalue weighted by atomic mass is 10.0. The smallest absolute Gasteiger partial charge is 0.133 e. The fourth-order valence-corrected chi connectivity index (χ4v) is 2.37. The second kappa shape index (κ2) is 8.25. The molecule has 0 aliphatic carbocycles. The molecule has 0 unspecified atom stereocenters. The molecule has 0 aliphatic heterocycles. The molecular weight excluding hydrogens is 260 g/mol. The van der Waals surface area contributed by atoms with E-state index in [-0.39, 0.29) is 0 Å². The van der Waals surface area contributed by atoms with E-state index in [4.69, 9.17) is 0 Å². The Labute approximate surface area is 126 Å². The number of hydrogen-bond acceptors (Lipinski definition) is 2. The van der Waals surface area contributed by atoms with Gasteiger partial charge in [0.1, 0.15) is 11.5 Å². The average molecular weight is 282 g/mol. The van der Waals surface area contributed by atoms with Crippen molar-refractivity contribution in [2.24, 2.45) is 0 Å². The van der Waals surface area contributed by atoms with E-state index in [1.807, 2.05) is 30.3 Å². The number of aromatic hydroxyl groups is 1. The maximum atomic E-state index is 11.8. The Hall–Kier alpha value is -2.09. The van der Waals surface area contributed by atoms with E-state index in [1.54, 1.807) is 12.1 Å². The van der Waals surface area contributed by atoms with Crippen LogP contribution in [0.5, 0.6) is 5.75 Å².